The molecule has 0 unspecified atom stereocenters. The lowest BCUT2D eigenvalue weighted by molar-refractivity contribution is 0.0977. The minimum Gasteiger partial charge on any atom is -0.494 e. The zero-order valence-electron chi connectivity index (χ0n) is 21.0. The van der Waals surface area contributed by atoms with Crippen LogP contribution < -0.4 is 4.74 Å². The first-order valence-corrected chi connectivity index (χ1v) is 12.9. The van der Waals surface area contributed by atoms with E-state index in [4.69, 9.17) is 4.74 Å². The second kappa shape index (κ2) is 14.1. The summed E-state index contributed by atoms with van der Waals surface area (Å²) in [5.41, 5.74) is 2.44. The van der Waals surface area contributed by atoms with Gasteiger partial charge in [0.1, 0.15) is 5.75 Å². The van der Waals surface area contributed by atoms with Gasteiger partial charge in [-0.3, -0.25) is 9.59 Å². The van der Waals surface area contributed by atoms with E-state index in [9.17, 15) is 9.59 Å². The van der Waals surface area contributed by atoms with E-state index in [2.05, 4.69) is 23.8 Å². The summed E-state index contributed by atoms with van der Waals surface area (Å²) < 4.78 is 5.84. The van der Waals surface area contributed by atoms with Crippen molar-refractivity contribution in [3.05, 3.63) is 77.6 Å². The second-order valence-corrected chi connectivity index (χ2v) is 8.87. The van der Waals surface area contributed by atoms with Crippen LogP contribution in [0.25, 0.3) is 11.4 Å². The molecule has 0 saturated carbocycles. The Morgan fingerprint density at radius 1 is 0.686 bits per heavy atom. The van der Waals surface area contributed by atoms with Gasteiger partial charge in [-0.25, -0.2) is 9.97 Å². The van der Waals surface area contributed by atoms with Crippen LogP contribution in [0.4, 0.5) is 0 Å². The average molecular weight is 473 g/mol. The highest BCUT2D eigenvalue weighted by atomic mass is 16.5. The number of unbranched alkanes of at least 4 members (excludes halogenated alkanes) is 6. The standard InChI is InChI=1S/C30H36N2O3/c1-3-5-7-8-9-10-20-35-27-18-16-25(17-19-27)30-31-21-26(22-32-30)29(34)24-14-12-23(13-15-24)28(33)11-6-4-2/h12-19,21-22H,3-11,20H2,1-2H3. The highest BCUT2D eigenvalue weighted by Gasteiger charge is 2.13. The van der Waals surface area contributed by atoms with Crippen LogP contribution in [0, 0.1) is 0 Å². The highest BCUT2D eigenvalue weighted by molar-refractivity contribution is 6.09. The minimum atomic E-state index is -0.164. The van der Waals surface area contributed by atoms with Gasteiger partial charge in [-0.2, -0.15) is 0 Å². The zero-order chi connectivity index (χ0) is 24.9. The van der Waals surface area contributed by atoms with Gasteiger partial charge < -0.3 is 4.74 Å². The maximum Gasteiger partial charge on any atom is 0.196 e. The van der Waals surface area contributed by atoms with Crippen molar-refractivity contribution in [1.29, 1.82) is 0 Å². The van der Waals surface area contributed by atoms with Crippen molar-refractivity contribution in [2.24, 2.45) is 0 Å². The Morgan fingerprint density at radius 2 is 1.29 bits per heavy atom. The number of carbonyl (C=O) groups is 2. The van der Waals surface area contributed by atoms with E-state index in [0.29, 0.717) is 28.9 Å². The molecule has 0 saturated heterocycles. The number of ketones is 2. The third-order valence-electron chi connectivity index (χ3n) is 6.02. The quantitative estimate of drug-likeness (QED) is 0.169. The molecule has 0 bridgehead atoms. The van der Waals surface area contributed by atoms with Gasteiger partial charge in [0, 0.05) is 35.5 Å². The van der Waals surface area contributed by atoms with E-state index in [1.807, 2.05) is 24.3 Å². The number of nitrogens with zero attached hydrogens (tertiary/aromatic N) is 2. The van der Waals surface area contributed by atoms with Gasteiger partial charge in [-0.15, -0.1) is 0 Å². The van der Waals surface area contributed by atoms with E-state index >= 15 is 0 Å². The predicted molar refractivity (Wildman–Crippen MR) is 140 cm³/mol. The summed E-state index contributed by atoms with van der Waals surface area (Å²) in [6, 6.07) is 14.5. The highest BCUT2D eigenvalue weighted by Crippen LogP contribution is 2.20. The molecule has 0 aliphatic rings. The van der Waals surface area contributed by atoms with Gasteiger partial charge in [0.2, 0.25) is 0 Å². The number of rotatable bonds is 15. The van der Waals surface area contributed by atoms with Crippen LogP contribution in [0.3, 0.4) is 0 Å². The lowest BCUT2D eigenvalue weighted by Crippen LogP contribution is -2.05. The van der Waals surface area contributed by atoms with Crippen LogP contribution in [0.2, 0.25) is 0 Å². The molecule has 0 fully saturated rings. The van der Waals surface area contributed by atoms with Gasteiger partial charge in [0.25, 0.3) is 0 Å². The molecule has 1 heterocycles. The minimum absolute atomic E-state index is 0.109. The first-order valence-electron chi connectivity index (χ1n) is 12.9. The zero-order valence-corrected chi connectivity index (χ0v) is 21.0. The Balaban J connectivity index is 1.53. The molecule has 5 heteroatoms. The van der Waals surface area contributed by atoms with Crippen LogP contribution in [-0.4, -0.2) is 28.1 Å². The summed E-state index contributed by atoms with van der Waals surface area (Å²) in [6.07, 6.45) is 12.9. The molecule has 2 aromatic carbocycles. The fraction of sp³-hybridized carbons (Fsp3) is 0.400. The normalized spacial score (nSPS) is 10.8. The number of Topliss-reactive ketones (excluding diaryl/α,β-unsaturated/α-hetero) is 1. The molecule has 0 aliphatic heterocycles. The number of carbonyl (C=O) groups excluding carboxylic acids is 2. The van der Waals surface area contributed by atoms with E-state index in [1.165, 1.54) is 32.1 Å². The van der Waals surface area contributed by atoms with E-state index < -0.39 is 0 Å². The lowest BCUT2D eigenvalue weighted by Gasteiger charge is -2.07. The monoisotopic (exact) mass is 472 g/mol. The Hall–Kier alpha value is -3.34. The van der Waals surface area contributed by atoms with Crippen molar-refractivity contribution < 1.29 is 14.3 Å². The van der Waals surface area contributed by atoms with Crippen LogP contribution in [0.15, 0.2) is 60.9 Å². The number of hydrogen-bond acceptors (Lipinski definition) is 5. The summed E-state index contributed by atoms with van der Waals surface area (Å²) in [6.45, 7) is 5.02. The average Bonchev–Trinajstić information content (AvgIpc) is 2.91. The molecule has 1 aromatic heterocycles. The van der Waals surface area contributed by atoms with Gasteiger partial charge in [0.15, 0.2) is 17.4 Å². The van der Waals surface area contributed by atoms with Crippen molar-refractivity contribution >= 4 is 11.6 Å². The molecule has 0 amide bonds. The number of hydrogen-bond donors (Lipinski definition) is 0. The molecule has 3 aromatic rings. The van der Waals surface area contributed by atoms with Crippen LogP contribution in [-0.2, 0) is 0 Å². The van der Waals surface area contributed by atoms with Crippen molar-refractivity contribution in [1.82, 2.24) is 9.97 Å². The molecule has 0 N–H and O–H groups in total. The summed E-state index contributed by atoms with van der Waals surface area (Å²) in [4.78, 5) is 33.7. The van der Waals surface area contributed by atoms with E-state index in [1.54, 1.807) is 36.7 Å². The largest absolute Gasteiger partial charge is 0.494 e. The molecule has 0 spiro atoms. The Bertz CT molecular complexity index is 1060. The smallest absolute Gasteiger partial charge is 0.196 e. The van der Waals surface area contributed by atoms with Gasteiger partial charge in [-0.05, 0) is 37.1 Å². The first-order chi connectivity index (χ1) is 17.1. The first kappa shape index (κ1) is 26.3. The molecular weight excluding hydrogens is 436 g/mol. The molecule has 5 nitrogen and oxygen atoms in total. The summed E-state index contributed by atoms with van der Waals surface area (Å²) in [5, 5.41) is 0. The lowest BCUT2D eigenvalue weighted by atomic mass is 10.0. The number of benzene rings is 2. The molecule has 0 aliphatic carbocycles. The summed E-state index contributed by atoms with van der Waals surface area (Å²) in [7, 11) is 0. The number of aromatic nitrogens is 2. The fourth-order valence-electron chi connectivity index (χ4n) is 3.82. The van der Waals surface area contributed by atoms with Crippen molar-refractivity contribution in [2.45, 2.75) is 71.6 Å². The summed E-state index contributed by atoms with van der Waals surface area (Å²) >= 11 is 0. The van der Waals surface area contributed by atoms with Crippen molar-refractivity contribution in [3.63, 3.8) is 0 Å². The maximum absolute atomic E-state index is 12.8. The third kappa shape index (κ3) is 8.13. The summed E-state index contributed by atoms with van der Waals surface area (Å²) in [5.74, 6) is 1.34. The van der Waals surface area contributed by atoms with Crippen molar-refractivity contribution in [3.8, 4) is 17.1 Å². The topological polar surface area (TPSA) is 69.2 Å². The Kier molecular flexibility index (Phi) is 10.6. The van der Waals surface area contributed by atoms with E-state index in [-0.39, 0.29) is 11.6 Å². The molecule has 0 atom stereocenters. The Morgan fingerprint density at radius 3 is 1.94 bits per heavy atom. The molecular formula is C30H36N2O3. The van der Waals surface area contributed by atoms with Crippen LogP contribution >= 0.6 is 0 Å². The van der Waals surface area contributed by atoms with E-state index in [0.717, 1.165) is 37.2 Å². The predicted octanol–water partition coefficient (Wildman–Crippen LogP) is 7.49. The van der Waals surface area contributed by atoms with Crippen LogP contribution in [0.5, 0.6) is 5.75 Å². The number of ether oxygens (including phenoxy) is 1. The van der Waals surface area contributed by atoms with Gasteiger partial charge >= 0.3 is 0 Å². The van der Waals surface area contributed by atoms with Gasteiger partial charge in [0.05, 0.1) is 12.2 Å². The molecule has 184 valence electrons. The maximum atomic E-state index is 12.8. The second-order valence-electron chi connectivity index (χ2n) is 8.87. The molecule has 35 heavy (non-hydrogen) atoms. The Labute approximate surface area is 209 Å². The fourth-order valence-corrected chi connectivity index (χ4v) is 3.82. The third-order valence-corrected chi connectivity index (χ3v) is 6.02. The van der Waals surface area contributed by atoms with Crippen LogP contribution in [0.1, 0.15) is 97.9 Å². The molecule has 0 radical (unpaired) electrons. The SMILES string of the molecule is CCCCCCCCOc1ccc(-c2ncc(C(=O)c3ccc(C(=O)CCCC)cc3)cn2)cc1. The van der Waals surface area contributed by atoms with Gasteiger partial charge in [-0.1, -0.05) is 76.6 Å². The van der Waals surface area contributed by atoms with Crippen molar-refractivity contribution in [2.75, 3.05) is 6.61 Å². The molecule has 3 rings (SSSR count).